The maximum atomic E-state index is 13.7. The summed E-state index contributed by atoms with van der Waals surface area (Å²) >= 11 is 5.57. The van der Waals surface area contributed by atoms with Gasteiger partial charge in [0.2, 0.25) is 5.28 Å². The highest BCUT2D eigenvalue weighted by Gasteiger charge is 2.14. The van der Waals surface area contributed by atoms with E-state index in [9.17, 15) is 8.78 Å². The lowest BCUT2D eigenvalue weighted by atomic mass is 10.1. The van der Waals surface area contributed by atoms with Crippen LogP contribution in [0.4, 0.5) is 8.78 Å². The summed E-state index contributed by atoms with van der Waals surface area (Å²) in [4.78, 5) is 7.44. The van der Waals surface area contributed by atoms with E-state index in [1.165, 1.54) is 24.4 Å². The fourth-order valence-corrected chi connectivity index (χ4v) is 1.51. The van der Waals surface area contributed by atoms with E-state index in [1.807, 2.05) is 0 Å². The number of hydrogen-bond donors (Lipinski definition) is 0. The van der Waals surface area contributed by atoms with Crippen LogP contribution >= 0.6 is 11.6 Å². The van der Waals surface area contributed by atoms with Gasteiger partial charge in [0, 0.05) is 6.20 Å². The van der Waals surface area contributed by atoms with E-state index in [1.54, 1.807) is 6.92 Å². The largest absolute Gasteiger partial charge is 0.226 e. The lowest BCUT2D eigenvalue weighted by molar-refractivity contribution is 0.582. The number of nitrogens with zero attached hydrogens (tertiary/aromatic N) is 2. The van der Waals surface area contributed by atoms with E-state index in [2.05, 4.69) is 9.97 Å². The van der Waals surface area contributed by atoms with Gasteiger partial charge >= 0.3 is 0 Å². The predicted molar refractivity (Wildman–Crippen MR) is 57.1 cm³/mol. The minimum absolute atomic E-state index is 0.0437. The molecule has 5 heteroatoms. The third kappa shape index (κ3) is 1.88. The molecule has 0 spiro atoms. The Hall–Kier alpha value is -1.55. The van der Waals surface area contributed by atoms with Gasteiger partial charge in [0.05, 0.1) is 11.3 Å². The van der Waals surface area contributed by atoms with Gasteiger partial charge < -0.3 is 0 Å². The van der Waals surface area contributed by atoms with Crippen LogP contribution < -0.4 is 0 Å². The lowest BCUT2D eigenvalue weighted by Gasteiger charge is -2.06. The highest BCUT2D eigenvalue weighted by Crippen LogP contribution is 2.26. The first-order valence-corrected chi connectivity index (χ1v) is 4.91. The summed E-state index contributed by atoms with van der Waals surface area (Å²) in [6.45, 7) is 1.56. The molecule has 2 nitrogen and oxygen atoms in total. The molecule has 1 aromatic carbocycles. The van der Waals surface area contributed by atoms with Crippen LogP contribution in [0.5, 0.6) is 0 Å². The minimum Gasteiger partial charge on any atom is -0.226 e. The van der Waals surface area contributed by atoms with Gasteiger partial charge in [0.1, 0.15) is 11.6 Å². The Labute approximate surface area is 95.9 Å². The first-order chi connectivity index (χ1) is 7.59. The van der Waals surface area contributed by atoms with E-state index in [4.69, 9.17) is 11.6 Å². The smallest absolute Gasteiger partial charge is 0.222 e. The van der Waals surface area contributed by atoms with Crippen LogP contribution in [0.25, 0.3) is 11.3 Å². The quantitative estimate of drug-likeness (QED) is 0.714. The number of aryl methyl sites for hydroxylation is 1. The van der Waals surface area contributed by atoms with Crippen molar-refractivity contribution in [2.75, 3.05) is 0 Å². The highest BCUT2D eigenvalue weighted by molar-refractivity contribution is 6.28. The molecule has 0 atom stereocenters. The van der Waals surface area contributed by atoms with Crippen molar-refractivity contribution >= 4 is 11.6 Å². The summed E-state index contributed by atoms with van der Waals surface area (Å²) in [5, 5.41) is -0.0437. The van der Waals surface area contributed by atoms with Crippen LogP contribution in [-0.2, 0) is 0 Å². The zero-order valence-corrected chi connectivity index (χ0v) is 9.09. The Morgan fingerprint density at radius 2 is 1.94 bits per heavy atom. The summed E-state index contributed by atoms with van der Waals surface area (Å²) in [5.74, 6) is -1.30. The van der Waals surface area contributed by atoms with Gasteiger partial charge in [-0.25, -0.2) is 18.7 Å². The van der Waals surface area contributed by atoms with Crippen molar-refractivity contribution in [1.82, 2.24) is 9.97 Å². The van der Waals surface area contributed by atoms with Crippen LogP contribution in [0.2, 0.25) is 5.28 Å². The SMILES string of the molecule is Cc1ccc(F)c(-c2ccnc(Cl)n2)c1F. The average molecular weight is 241 g/mol. The molecule has 0 saturated carbocycles. The first kappa shape index (κ1) is 11.0. The van der Waals surface area contributed by atoms with Gasteiger partial charge in [0.25, 0.3) is 0 Å². The average Bonchev–Trinajstić information content (AvgIpc) is 2.24. The fraction of sp³-hybridized carbons (Fsp3) is 0.0909. The van der Waals surface area contributed by atoms with Gasteiger partial charge in [-0.3, -0.25) is 0 Å². The maximum Gasteiger partial charge on any atom is 0.222 e. The maximum absolute atomic E-state index is 13.7. The zero-order chi connectivity index (χ0) is 11.7. The number of halogens is 3. The zero-order valence-electron chi connectivity index (χ0n) is 8.34. The van der Waals surface area contributed by atoms with Crippen molar-refractivity contribution in [3.8, 4) is 11.3 Å². The highest BCUT2D eigenvalue weighted by atomic mass is 35.5. The van der Waals surface area contributed by atoms with Crippen LogP contribution in [0, 0.1) is 18.6 Å². The van der Waals surface area contributed by atoms with E-state index in [0.717, 1.165) is 0 Å². The number of hydrogen-bond acceptors (Lipinski definition) is 2. The Morgan fingerprint density at radius 3 is 2.62 bits per heavy atom. The van der Waals surface area contributed by atoms with E-state index < -0.39 is 11.6 Å². The third-order valence-electron chi connectivity index (χ3n) is 2.17. The van der Waals surface area contributed by atoms with Crippen molar-refractivity contribution in [3.63, 3.8) is 0 Å². The molecular formula is C11H7ClF2N2. The molecule has 0 unspecified atom stereocenters. The molecule has 1 aromatic heterocycles. The van der Waals surface area contributed by atoms with Crippen molar-refractivity contribution in [2.24, 2.45) is 0 Å². The molecule has 2 rings (SSSR count). The summed E-state index contributed by atoms with van der Waals surface area (Å²) < 4.78 is 27.2. The molecule has 0 aliphatic heterocycles. The Morgan fingerprint density at radius 1 is 1.19 bits per heavy atom. The second-order valence-electron chi connectivity index (χ2n) is 3.26. The summed E-state index contributed by atoms with van der Waals surface area (Å²) in [7, 11) is 0. The molecule has 0 N–H and O–H groups in total. The van der Waals surface area contributed by atoms with Gasteiger partial charge in [-0.05, 0) is 36.2 Å². The third-order valence-corrected chi connectivity index (χ3v) is 2.35. The summed E-state index contributed by atoms with van der Waals surface area (Å²) in [6.07, 6.45) is 1.35. The van der Waals surface area contributed by atoms with E-state index in [0.29, 0.717) is 5.56 Å². The molecule has 1 heterocycles. The van der Waals surface area contributed by atoms with Crippen LogP contribution in [-0.4, -0.2) is 9.97 Å². The van der Waals surface area contributed by atoms with Crippen molar-refractivity contribution < 1.29 is 8.78 Å². The molecule has 0 radical (unpaired) electrons. The summed E-state index contributed by atoms with van der Waals surface area (Å²) in [5.41, 5.74) is 0.314. The van der Waals surface area contributed by atoms with Crippen molar-refractivity contribution in [1.29, 1.82) is 0 Å². The van der Waals surface area contributed by atoms with Crippen LogP contribution in [0.1, 0.15) is 5.56 Å². The molecule has 0 saturated heterocycles. The number of rotatable bonds is 1. The fourth-order valence-electron chi connectivity index (χ4n) is 1.37. The molecule has 0 amide bonds. The van der Waals surface area contributed by atoms with Gasteiger partial charge in [0.15, 0.2) is 0 Å². The number of benzene rings is 1. The Bertz CT molecular complexity index is 544. The number of aromatic nitrogens is 2. The van der Waals surface area contributed by atoms with Crippen LogP contribution in [0.15, 0.2) is 24.4 Å². The molecule has 0 bridgehead atoms. The molecule has 16 heavy (non-hydrogen) atoms. The summed E-state index contributed by atoms with van der Waals surface area (Å²) in [6, 6.07) is 3.98. The Balaban J connectivity index is 2.68. The first-order valence-electron chi connectivity index (χ1n) is 4.53. The van der Waals surface area contributed by atoms with Gasteiger partial charge in [-0.1, -0.05) is 6.07 Å². The monoisotopic (exact) mass is 240 g/mol. The molecule has 0 fully saturated rings. The minimum atomic E-state index is -0.669. The van der Waals surface area contributed by atoms with Crippen LogP contribution in [0.3, 0.4) is 0 Å². The molecule has 0 aliphatic carbocycles. The van der Waals surface area contributed by atoms with Gasteiger partial charge in [-0.2, -0.15) is 0 Å². The van der Waals surface area contributed by atoms with Crippen molar-refractivity contribution in [3.05, 3.63) is 46.9 Å². The topological polar surface area (TPSA) is 25.8 Å². The Kier molecular flexibility index (Phi) is 2.83. The van der Waals surface area contributed by atoms with Gasteiger partial charge in [-0.15, -0.1) is 0 Å². The normalized spacial score (nSPS) is 10.5. The second-order valence-corrected chi connectivity index (χ2v) is 3.60. The lowest BCUT2D eigenvalue weighted by Crippen LogP contribution is -1.96. The van der Waals surface area contributed by atoms with Crippen molar-refractivity contribution in [2.45, 2.75) is 6.92 Å². The molecule has 82 valence electrons. The molecule has 0 aliphatic rings. The van der Waals surface area contributed by atoms with E-state index >= 15 is 0 Å². The second kappa shape index (κ2) is 4.14. The predicted octanol–water partition coefficient (Wildman–Crippen LogP) is 3.38. The van der Waals surface area contributed by atoms with E-state index in [-0.39, 0.29) is 16.5 Å². The standard InChI is InChI=1S/C11H7ClF2N2/c1-6-2-3-7(13)9(10(6)14)8-4-5-15-11(12)16-8/h2-5H,1H3. The molecular weight excluding hydrogens is 234 g/mol. The molecule has 2 aromatic rings.